The van der Waals surface area contributed by atoms with E-state index >= 15 is 0 Å². The van der Waals surface area contributed by atoms with Gasteiger partial charge in [-0.05, 0) is 12.1 Å². The third kappa shape index (κ3) is 1.74. The molecule has 4 heteroatoms. The van der Waals surface area contributed by atoms with E-state index in [0.29, 0.717) is 18.1 Å². The van der Waals surface area contributed by atoms with E-state index < -0.39 is 0 Å². The average molecular weight is 210 g/mol. The molecule has 1 fully saturated rings. The van der Waals surface area contributed by atoms with Crippen LogP contribution in [0.1, 0.15) is 0 Å². The number of amides is 1. The molecule has 0 atom stereocenters. The predicted octanol–water partition coefficient (Wildman–Crippen LogP) is 1.29. The zero-order valence-electron chi connectivity index (χ0n) is 7.61. The van der Waals surface area contributed by atoms with E-state index in [1.807, 2.05) is 18.2 Å². The molecule has 1 aliphatic rings. The second-order valence-electron chi connectivity index (χ2n) is 3.10. The molecule has 1 aromatic carbocycles. The number of anilines is 1. The normalized spacial score (nSPS) is 17.2. The first-order valence-corrected chi connectivity index (χ1v) is 4.85. The van der Waals surface area contributed by atoms with Gasteiger partial charge in [-0.25, -0.2) is 5.32 Å². The summed E-state index contributed by atoms with van der Waals surface area (Å²) in [4.78, 5) is 13.2. The Morgan fingerprint density at radius 1 is 1.36 bits per heavy atom. The van der Waals surface area contributed by atoms with Gasteiger partial charge in [0.25, 0.3) is 0 Å². The molecule has 0 unspecified atom stereocenters. The van der Waals surface area contributed by atoms with Crippen LogP contribution in [0.4, 0.5) is 5.69 Å². The van der Waals surface area contributed by atoms with Crippen LogP contribution in [0.3, 0.4) is 0 Å². The summed E-state index contributed by atoms with van der Waals surface area (Å²) in [5, 5.41) is 4.64. The fraction of sp³-hybridized carbons (Fsp3) is 0.300. The van der Waals surface area contributed by atoms with Crippen molar-refractivity contribution in [3.05, 3.63) is 29.3 Å². The number of nitrogens with zero attached hydrogens (tertiary/aromatic N) is 2. The first-order valence-electron chi connectivity index (χ1n) is 4.47. The number of halogens is 1. The second kappa shape index (κ2) is 3.98. The zero-order valence-corrected chi connectivity index (χ0v) is 8.37. The molecule has 1 radical (unpaired) electrons. The first-order chi connectivity index (χ1) is 6.79. The number of rotatable bonds is 1. The van der Waals surface area contributed by atoms with Gasteiger partial charge in [-0.2, -0.15) is 0 Å². The molecule has 1 heterocycles. The summed E-state index contributed by atoms with van der Waals surface area (Å²) in [5.41, 5.74) is 0.786. The standard InChI is InChI=1S/C10H10ClN2O/c11-8-3-1-2-4-9(8)13-6-5-12-7-10(13)14/h1-4H,5-7H2. The van der Waals surface area contributed by atoms with Crippen LogP contribution in [0.5, 0.6) is 0 Å². The highest BCUT2D eigenvalue weighted by atomic mass is 35.5. The Hall–Kier alpha value is -1.06. The number of para-hydroxylation sites is 1. The van der Waals surface area contributed by atoms with Crippen LogP contribution in [0, 0.1) is 0 Å². The second-order valence-corrected chi connectivity index (χ2v) is 3.51. The molecule has 1 aromatic rings. The van der Waals surface area contributed by atoms with Crippen molar-refractivity contribution in [1.29, 1.82) is 0 Å². The van der Waals surface area contributed by atoms with Gasteiger partial charge in [0.1, 0.15) is 0 Å². The van der Waals surface area contributed by atoms with E-state index in [-0.39, 0.29) is 12.5 Å². The molecule has 0 N–H and O–H groups in total. The summed E-state index contributed by atoms with van der Waals surface area (Å²) in [5.74, 6) is 0.0179. The Bertz CT molecular complexity index is 354. The minimum atomic E-state index is 0.0179. The smallest absolute Gasteiger partial charge is 0.242 e. The molecule has 0 aliphatic carbocycles. The topological polar surface area (TPSA) is 34.4 Å². The number of piperazine rings is 1. The molecular formula is C10H10ClN2O. The molecule has 0 aromatic heterocycles. The SMILES string of the molecule is O=C1C[N]CCN1c1ccccc1Cl. The van der Waals surface area contributed by atoms with Crippen molar-refractivity contribution in [1.82, 2.24) is 5.32 Å². The quantitative estimate of drug-likeness (QED) is 0.687. The Morgan fingerprint density at radius 3 is 2.86 bits per heavy atom. The maximum absolute atomic E-state index is 11.5. The lowest BCUT2D eigenvalue weighted by Gasteiger charge is -2.27. The number of hydrogen-bond acceptors (Lipinski definition) is 1. The molecular weight excluding hydrogens is 200 g/mol. The van der Waals surface area contributed by atoms with Crippen molar-refractivity contribution in [3.8, 4) is 0 Å². The van der Waals surface area contributed by atoms with E-state index in [1.165, 1.54) is 0 Å². The van der Waals surface area contributed by atoms with Gasteiger partial charge in [-0.3, -0.25) is 4.79 Å². The molecule has 1 aliphatic heterocycles. The van der Waals surface area contributed by atoms with Gasteiger partial charge in [0.05, 0.1) is 17.3 Å². The van der Waals surface area contributed by atoms with Crippen LogP contribution >= 0.6 is 11.6 Å². The molecule has 1 amide bonds. The zero-order chi connectivity index (χ0) is 9.97. The highest BCUT2D eigenvalue weighted by Gasteiger charge is 2.21. The summed E-state index contributed by atoms with van der Waals surface area (Å²) in [6.07, 6.45) is 0. The predicted molar refractivity (Wildman–Crippen MR) is 55.7 cm³/mol. The van der Waals surface area contributed by atoms with Crippen molar-refractivity contribution in [2.24, 2.45) is 0 Å². The van der Waals surface area contributed by atoms with Crippen LogP contribution in [0.25, 0.3) is 0 Å². The maximum Gasteiger partial charge on any atom is 0.242 e. The van der Waals surface area contributed by atoms with Gasteiger partial charge in [0.15, 0.2) is 0 Å². The summed E-state index contributed by atoms with van der Waals surface area (Å²) >= 11 is 6.00. The van der Waals surface area contributed by atoms with E-state index in [0.717, 1.165) is 5.69 Å². The van der Waals surface area contributed by atoms with Crippen molar-refractivity contribution in [3.63, 3.8) is 0 Å². The van der Waals surface area contributed by atoms with Crippen LogP contribution in [-0.2, 0) is 4.79 Å². The molecule has 0 saturated carbocycles. The summed E-state index contributed by atoms with van der Waals surface area (Å²) in [6.45, 7) is 1.59. The fourth-order valence-electron chi connectivity index (χ4n) is 1.48. The van der Waals surface area contributed by atoms with Crippen LogP contribution in [0.15, 0.2) is 24.3 Å². The fourth-order valence-corrected chi connectivity index (χ4v) is 1.72. The largest absolute Gasteiger partial charge is 0.308 e. The average Bonchev–Trinajstić information content (AvgIpc) is 2.20. The molecule has 2 rings (SSSR count). The lowest BCUT2D eigenvalue weighted by molar-refractivity contribution is -0.118. The summed E-state index contributed by atoms with van der Waals surface area (Å²) < 4.78 is 0. The number of benzene rings is 1. The molecule has 14 heavy (non-hydrogen) atoms. The van der Waals surface area contributed by atoms with Crippen molar-refractivity contribution < 1.29 is 4.79 Å². The minimum Gasteiger partial charge on any atom is -0.308 e. The van der Waals surface area contributed by atoms with Crippen LogP contribution in [-0.4, -0.2) is 25.5 Å². The lowest BCUT2D eigenvalue weighted by atomic mass is 10.2. The van der Waals surface area contributed by atoms with Crippen LogP contribution < -0.4 is 10.2 Å². The minimum absolute atomic E-state index is 0.0179. The summed E-state index contributed by atoms with van der Waals surface area (Å²) in [7, 11) is 0. The van der Waals surface area contributed by atoms with Gasteiger partial charge in [-0.15, -0.1) is 0 Å². The van der Waals surface area contributed by atoms with Gasteiger partial charge in [0.2, 0.25) is 5.91 Å². The monoisotopic (exact) mass is 209 g/mol. The van der Waals surface area contributed by atoms with Crippen molar-refractivity contribution in [2.75, 3.05) is 24.5 Å². The summed E-state index contributed by atoms with van der Waals surface area (Å²) in [6, 6.07) is 7.37. The van der Waals surface area contributed by atoms with Crippen LogP contribution in [0.2, 0.25) is 5.02 Å². The Labute approximate surface area is 87.7 Å². The van der Waals surface area contributed by atoms with E-state index in [2.05, 4.69) is 5.32 Å². The van der Waals surface area contributed by atoms with E-state index in [1.54, 1.807) is 11.0 Å². The molecule has 3 nitrogen and oxygen atoms in total. The highest BCUT2D eigenvalue weighted by molar-refractivity contribution is 6.33. The Kier molecular flexibility index (Phi) is 2.70. The third-order valence-electron chi connectivity index (χ3n) is 2.17. The third-order valence-corrected chi connectivity index (χ3v) is 2.49. The first kappa shape index (κ1) is 9.49. The van der Waals surface area contributed by atoms with Crippen molar-refractivity contribution in [2.45, 2.75) is 0 Å². The van der Waals surface area contributed by atoms with Crippen molar-refractivity contribution >= 4 is 23.2 Å². The molecule has 0 bridgehead atoms. The number of hydrogen-bond donors (Lipinski definition) is 0. The number of carbonyl (C=O) groups is 1. The molecule has 1 saturated heterocycles. The van der Waals surface area contributed by atoms with Gasteiger partial charge in [0, 0.05) is 13.1 Å². The highest BCUT2D eigenvalue weighted by Crippen LogP contribution is 2.25. The lowest BCUT2D eigenvalue weighted by Crippen LogP contribution is -2.45. The van der Waals surface area contributed by atoms with Gasteiger partial charge < -0.3 is 4.90 Å². The maximum atomic E-state index is 11.5. The Morgan fingerprint density at radius 2 is 2.14 bits per heavy atom. The molecule has 0 spiro atoms. The molecule has 73 valence electrons. The van der Waals surface area contributed by atoms with E-state index in [4.69, 9.17) is 11.6 Å². The van der Waals surface area contributed by atoms with Gasteiger partial charge >= 0.3 is 0 Å². The Balaban J connectivity index is 2.29. The van der Waals surface area contributed by atoms with Gasteiger partial charge in [-0.1, -0.05) is 23.7 Å². The number of carbonyl (C=O) groups excluding carboxylic acids is 1. The van der Waals surface area contributed by atoms with E-state index in [9.17, 15) is 4.79 Å².